The normalized spacial score (nSPS) is 14.4. The minimum absolute atomic E-state index is 0.219. The van der Waals surface area contributed by atoms with Crippen LogP contribution in [0.3, 0.4) is 0 Å². The van der Waals surface area contributed by atoms with E-state index >= 15 is 0 Å². The van der Waals surface area contributed by atoms with Crippen LogP contribution in [0.5, 0.6) is 5.75 Å². The first-order valence-corrected chi connectivity index (χ1v) is 11.9. The maximum absolute atomic E-state index is 13.4. The van der Waals surface area contributed by atoms with E-state index in [4.69, 9.17) is 9.26 Å². The minimum Gasteiger partial charge on any atom is -0.476 e. The molecule has 4 aromatic rings. The Balaban J connectivity index is 1.36. The van der Waals surface area contributed by atoms with Crippen LogP contribution in [0.25, 0.3) is 11.4 Å². The first kappa shape index (κ1) is 23.9. The molecule has 3 amide bonds. The Morgan fingerprint density at radius 2 is 1.70 bits per heavy atom. The molecule has 9 heteroatoms. The van der Waals surface area contributed by atoms with Crippen LogP contribution in [0.4, 0.5) is 11.4 Å². The number of piperidine rings is 1. The van der Waals surface area contributed by atoms with Crippen LogP contribution in [-0.2, 0) is 14.4 Å². The van der Waals surface area contributed by atoms with Crippen molar-refractivity contribution in [1.82, 2.24) is 10.1 Å². The average Bonchev–Trinajstić information content (AvgIpc) is 3.35. The lowest BCUT2D eigenvalue weighted by atomic mass is 10.1. The molecule has 5 rings (SSSR count). The lowest BCUT2D eigenvalue weighted by molar-refractivity contribution is -0.129. The number of imide groups is 1. The van der Waals surface area contributed by atoms with Crippen LogP contribution in [0.15, 0.2) is 83.4 Å². The molecule has 0 bridgehead atoms. The number of rotatable bonds is 7. The van der Waals surface area contributed by atoms with Crippen molar-refractivity contribution in [3.8, 4) is 17.1 Å². The van der Waals surface area contributed by atoms with E-state index in [1.807, 2.05) is 36.4 Å². The topological polar surface area (TPSA) is 115 Å². The number of ether oxygens (including phenoxy) is 1. The van der Waals surface area contributed by atoms with E-state index in [1.54, 1.807) is 49.4 Å². The van der Waals surface area contributed by atoms with E-state index in [-0.39, 0.29) is 17.7 Å². The number of anilines is 2. The number of amides is 3. The fraction of sp³-hybridized carbons (Fsp3) is 0.179. The molecule has 0 aliphatic carbocycles. The van der Waals surface area contributed by atoms with Gasteiger partial charge in [0.25, 0.3) is 5.91 Å². The van der Waals surface area contributed by atoms with Gasteiger partial charge in [0, 0.05) is 36.6 Å². The summed E-state index contributed by atoms with van der Waals surface area (Å²) in [6.07, 6.45) is 0.302. The molecule has 1 saturated heterocycles. The second-order valence-electron chi connectivity index (χ2n) is 8.59. The molecule has 1 aromatic heterocycles. The first-order valence-electron chi connectivity index (χ1n) is 11.9. The maximum atomic E-state index is 13.4. The molecule has 1 aliphatic heterocycles. The van der Waals surface area contributed by atoms with Crippen LogP contribution in [-0.4, -0.2) is 27.9 Å². The van der Waals surface area contributed by atoms with Crippen LogP contribution in [0.1, 0.15) is 36.8 Å². The van der Waals surface area contributed by atoms with Crippen molar-refractivity contribution in [2.45, 2.75) is 32.3 Å². The third-order valence-electron chi connectivity index (χ3n) is 5.89. The fourth-order valence-corrected chi connectivity index (χ4v) is 4.11. The van der Waals surface area contributed by atoms with Crippen LogP contribution < -0.4 is 15.0 Å². The predicted octanol–water partition coefficient (Wildman–Crippen LogP) is 4.85. The van der Waals surface area contributed by atoms with Gasteiger partial charge in [-0.15, -0.1) is 0 Å². The first-order chi connectivity index (χ1) is 18.0. The number of aromatic nitrogens is 2. The molecule has 186 valence electrons. The lowest BCUT2D eigenvalue weighted by Crippen LogP contribution is -2.40. The summed E-state index contributed by atoms with van der Waals surface area (Å²) in [5, 5.41) is 6.81. The second-order valence-corrected chi connectivity index (χ2v) is 8.59. The number of carbonyl (C=O) groups excluding carboxylic acids is 3. The van der Waals surface area contributed by atoms with Gasteiger partial charge in [0.1, 0.15) is 5.75 Å². The van der Waals surface area contributed by atoms with Gasteiger partial charge in [-0.2, -0.15) is 4.98 Å². The van der Waals surface area contributed by atoms with Gasteiger partial charge in [0.05, 0.1) is 5.69 Å². The number of carbonyl (C=O) groups is 3. The predicted molar refractivity (Wildman–Crippen MR) is 136 cm³/mol. The Hall–Kier alpha value is -4.79. The molecule has 1 N–H and O–H groups in total. The number of hydrogen-bond acceptors (Lipinski definition) is 7. The molecule has 1 unspecified atom stereocenters. The highest BCUT2D eigenvalue weighted by molar-refractivity contribution is 6.16. The number of nitrogens with zero attached hydrogens (tertiary/aromatic N) is 3. The Kier molecular flexibility index (Phi) is 6.76. The quantitative estimate of drug-likeness (QED) is 0.364. The van der Waals surface area contributed by atoms with E-state index in [2.05, 4.69) is 15.5 Å². The summed E-state index contributed by atoms with van der Waals surface area (Å²) in [7, 11) is 0. The van der Waals surface area contributed by atoms with Crippen molar-refractivity contribution in [1.29, 1.82) is 0 Å². The van der Waals surface area contributed by atoms with Gasteiger partial charge in [-0.05, 0) is 42.8 Å². The van der Waals surface area contributed by atoms with Crippen molar-refractivity contribution in [2.24, 2.45) is 0 Å². The number of hydrogen-bond donors (Lipinski definition) is 1. The summed E-state index contributed by atoms with van der Waals surface area (Å²) in [6.45, 7) is 1.71. The Labute approximate surface area is 213 Å². The number of nitrogens with one attached hydrogen (secondary N) is 1. The Morgan fingerprint density at radius 1 is 0.973 bits per heavy atom. The molecule has 0 saturated carbocycles. The third-order valence-corrected chi connectivity index (χ3v) is 5.89. The van der Waals surface area contributed by atoms with Crippen molar-refractivity contribution in [3.63, 3.8) is 0 Å². The van der Waals surface area contributed by atoms with E-state index in [0.29, 0.717) is 59.2 Å². The standard InChI is InChI=1S/C28H24N4O5/c1-18-29-27(31-37-18)20-9-5-10-23(17-20)36-26(19-7-3-2-4-8-19)28(35)30-21-13-15-22(16-14-21)32-24(33)11-6-12-25(32)34/h2-5,7-10,13-17,26H,6,11-12H2,1H3,(H,30,35). The maximum Gasteiger partial charge on any atom is 0.270 e. The zero-order chi connectivity index (χ0) is 25.8. The Morgan fingerprint density at radius 3 is 2.38 bits per heavy atom. The van der Waals surface area contributed by atoms with Gasteiger partial charge >= 0.3 is 0 Å². The summed E-state index contributed by atoms with van der Waals surface area (Å²) in [5.41, 5.74) is 2.35. The molecule has 1 fully saturated rings. The molecule has 1 aliphatic rings. The van der Waals surface area contributed by atoms with Crippen LogP contribution >= 0.6 is 0 Å². The zero-order valence-electron chi connectivity index (χ0n) is 20.1. The largest absolute Gasteiger partial charge is 0.476 e. The summed E-state index contributed by atoms with van der Waals surface area (Å²) in [4.78, 5) is 43.2. The van der Waals surface area contributed by atoms with Crippen molar-refractivity contribution < 1.29 is 23.6 Å². The van der Waals surface area contributed by atoms with E-state index in [1.165, 1.54) is 4.90 Å². The monoisotopic (exact) mass is 496 g/mol. The molecule has 2 heterocycles. The smallest absolute Gasteiger partial charge is 0.270 e. The van der Waals surface area contributed by atoms with Gasteiger partial charge in [-0.1, -0.05) is 47.6 Å². The third kappa shape index (κ3) is 5.40. The van der Waals surface area contributed by atoms with E-state index in [9.17, 15) is 14.4 Å². The number of aryl methyl sites for hydroxylation is 1. The van der Waals surface area contributed by atoms with Crippen LogP contribution in [0, 0.1) is 6.92 Å². The summed E-state index contributed by atoms with van der Waals surface area (Å²) >= 11 is 0. The second kappa shape index (κ2) is 10.4. The summed E-state index contributed by atoms with van der Waals surface area (Å²) in [5.74, 6) is 0.510. The molecule has 37 heavy (non-hydrogen) atoms. The van der Waals surface area contributed by atoms with Gasteiger partial charge < -0.3 is 14.6 Å². The van der Waals surface area contributed by atoms with Crippen molar-refractivity contribution in [2.75, 3.05) is 10.2 Å². The van der Waals surface area contributed by atoms with E-state index < -0.39 is 6.10 Å². The molecule has 3 aromatic carbocycles. The molecule has 9 nitrogen and oxygen atoms in total. The highest BCUT2D eigenvalue weighted by Gasteiger charge is 2.28. The van der Waals surface area contributed by atoms with Crippen molar-refractivity contribution in [3.05, 3.63) is 90.3 Å². The van der Waals surface area contributed by atoms with Gasteiger partial charge in [-0.3, -0.25) is 19.3 Å². The van der Waals surface area contributed by atoms with E-state index in [0.717, 1.165) is 0 Å². The summed E-state index contributed by atoms with van der Waals surface area (Å²) < 4.78 is 11.2. The SMILES string of the molecule is Cc1nc(-c2cccc(OC(C(=O)Nc3ccc(N4C(=O)CCCC4=O)cc3)c3ccccc3)c2)no1. The zero-order valence-corrected chi connectivity index (χ0v) is 20.1. The summed E-state index contributed by atoms with van der Waals surface area (Å²) in [6, 6.07) is 22.9. The minimum atomic E-state index is -0.951. The van der Waals surface area contributed by atoms with Crippen LogP contribution in [0.2, 0.25) is 0 Å². The molecule has 0 radical (unpaired) electrons. The fourth-order valence-electron chi connectivity index (χ4n) is 4.11. The average molecular weight is 497 g/mol. The lowest BCUT2D eigenvalue weighted by Gasteiger charge is -2.25. The molecular formula is C28H24N4O5. The molecule has 1 atom stereocenters. The number of benzene rings is 3. The highest BCUT2D eigenvalue weighted by atomic mass is 16.5. The molecular weight excluding hydrogens is 472 g/mol. The molecule has 0 spiro atoms. The van der Waals surface area contributed by atoms with Gasteiger partial charge in [-0.25, -0.2) is 0 Å². The Bertz CT molecular complexity index is 1420. The van der Waals surface area contributed by atoms with Gasteiger partial charge in [0.2, 0.25) is 29.6 Å². The van der Waals surface area contributed by atoms with Crippen molar-refractivity contribution >= 4 is 29.1 Å². The van der Waals surface area contributed by atoms with Gasteiger partial charge in [0.15, 0.2) is 0 Å². The highest BCUT2D eigenvalue weighted by Crippen LogP contribution is 2.28.